The van der Waals surface area contributed by atoms with Crippen LogP contribution >= 0.6 is 11.6 Å². The van der Waals surface area contributed by atoms with Crippen molar-refractivity contribution in [2.45, 2.75) is 33.6 Å². The predicted octanol–water partition coefficient (Wildman–Crippen LogP) is 5.31. The van der Waals surface area contributed by atoms with Crippen molar-refractivity contribution in [1.82, 2.24) is 4.90 Å². The fourth-order valence-electron chi connectivity index (χ4n) is 2.71. The van der Waals surface area contributed by atoms with Crippen LogP contribution in [0.4, 0.5) is 0 Å². The SMILES string of the molecule is C=C(OC)/C(CC)=C(\C=C(/C)OC)N=C(N)N(/C=C(\C)OC)CC1=CC=CCC(Cl)=C1.C=O. The third-order valence-electron chi connectivity index (χ3n) is 4.55. The number of hydrogen-bond donors (Lipinski definition) is 1. The lowest BCUT2D eigenvalue weighted by atomic mass is 10.1. The topological polar surface area (TPSA) is 86.4 Å². The van der Waals surface area contributed by atoms with Crippen LogP contribution in [0.5, 0.6) is 0 Å². The minimum atomic E-state index is 0.278. The van der Waals surface area contributed by atoms with Gasteiger partial charge in [-0.3, -0.25) is 0 Å². The Hall–Kier alpha value is -3.19. The molecule has 0 aromatic heterocycles. The van der Waals surface area contributed by atoms with E-state index in [2.05, 4.69) is 6.58 Å². The summed E-state index contributed by atoms with van der Waals surface area (Å²) in [6.07, 6.45) is 12.9. The van der Waals surface area contributed by atoms with Gasteiger partial charge in [0.2, 0.25) is 5.96 Å². The number of nitrogens with two attached hydrogens (primary N) is 1. The molecule has 8 heteroatoms. The highest BCUT2D eigenvalue weighted by Crippen LogP contribution is 2.22. The molecule has 0 spiro atoms. The van der Waals surface area contributed by atoms with Gasteiger partial charge < -0.3 is 29.6 Å². The molecule has 182 valence electrons. The van der Waals surface area contributed by atoms with E-state index in [1.807, 2.05) is 62.8 Å². The van der Waals surface area contributed by atoms with Crippen LogP contribution in [0.3, 0.4) is 0 Å². The third-order valence-corrected chi connectivity index (χ3v) is 4.81. The fraction of sp³-hybridized carbons (Fsp3) is 0.360. The summed E-state index contributed by atoms with van der Waals surface area (Å²) in [5.74, 6) is 2.17. The van der Waals surface area contributed by atoms with Crippen LogP contribution in [0, 0.1) is 0 Å². The van der Waals surface area contributed by atoms with Gasteiger partial charge in [-0.1, -0.05) is 43.3 Å². The smallest absolute Gasteiger partial charge is 0.201 e. The first-order valence-electron chi connectivity index (χ1n) is 10.3. The summed E-state index contributed by atoms with van der Waals surface area (Å²) in [4.78, 5) is 14.5. The Labute approximate surface area is 202 Å². The van der Waals surface area contributed by atoms with Crippen molar-refractivity contribution < 1.29 is 19.0 Å². The lowest BCUT2D eigenvalue weighted by molar-refractivity contribution is -0.0979. The largest absolute Gasteiger partial charge is 0.501 e. The van der Waals surface area contributed by atoms with E-state index in [9.17, 15) is 0 Å². The van der Waals surface area contributed by atoms with Gasteiger partial charge in [0.1, 0.15) is 18.3 Å². The summed E-state index contributed by atoms with van der Waals surface area (Å²) in [5, 5.41) is 0.756. The zero-order valence-electron chi connectivity index (χ0n) is 20.5. The average Bonchev–Trinajstić information content (AvgIpc) is 3.03. The molecule has 0 unspecified atom stereocenters. The summed E-state index contributed by atoms with van der Waals surface area (Å²) in [6, 6.07) is 0. The number of halogens is 1. The van der Waals surface area contributed by atoms with Crippen LogP contribution in [0.2, 0.25) is 0 Å². The molecule has 2 N–H and O–H groups in total. The molecule has 1 rings (SSSR count). The first-order valence-corrected chi connectivity index (χ1v) is 10.7. The minimum Gasteiger partial charge on any atom is -0.501 e. The van der Waals surface area contributed by atoms with Gasteiger partial charge in [-0.05, 0) is 31.9 Å². The zero-order chi connectivity index (χ0) is 25.4. The molecule has 0 fully saturated rings. The van der Waals surface area contributed by atoms with Gasteiger partial charge in [0.25, 0.3) is 0 Å². The van der Waals surface area contributed by atoms with Crippen LogP contribution in [-0.4, -0.2) is 45.5 Å². The lowest BCUT2D eigenvalue weighted by Gasteiger charge is -2.22. The first kappa shape index (κ1) is 29.8. The van der Waals surface area contributed by atoms with E-state index in [1.54, 1.807) is 27.5 Å². The molecule has 1 aliphatic rings. The Morgan fingerprint density at radius 1 is 1.21 bits per heavy atom. The van der Waals surface area contributed by atoms with E-state index in [0.717, 1.165) is 16.2 Å². The maximum atomic E-state index is 8.00. The summed E-state index contributed by atoms with van der Waals surface area (Å²) in [5.41, 5.74) is 8.90. The number of methoxy groups -OCH3 is 3. The summed E-state index contributed by atoms with van der Waals surface area (Å²) in [6.45, 7) is 12.1. The van der Waals surface area contributed by atoms with Crippen LogP contribution in [-0.2, 0) is 19.0 Å². The molecule has 0 saturated heterocycles. The highest BCUT2D eigenvalue weighted by Gasteiger charge is 2.13. The Morgan fingerprint density at radius 3 is 2.39 bits per heavy atom. The van der Waals surface area contributed by atoms with Crippen LogP contribution in [0.15, 0.2) is 87.3 Å². The zero-order valence-corrected chi connectivity index (χ0v) is 21.2. The molecule has 0 aliphatic heterocycles. The number of nitrogens with zero attached hydrogens (tertiary/aromatic N) is 2. The second-order valence-corrected chi connectivity index (χ2v) is 7.30. The number of hydrogen-bond acceptors (Lipinski definition) is 5. The summed E-state index contributed by atoms with van der Waals surface area (Å²) in [7, 11) is 4.79. The molecule has 1 aliphatic carbocycles. The monoisotopic (exact) mass is 477 g/mol. The first-order chi connectivity index (χ1) is 15.7. The van der Waals surface area contributed by atoms with Crippen molar-refractivity contribution in [1.29, 1.82) is 0 Å². The number of carbonyl (C=O) groups is 1. The normalized spacial score (nSPS) is 15.2. The number of guanidine groups is 1. The van der Waals surface area contributed by atoms with E-state index in [-0.39, 0.29) is 5.96 Å². The highest BCUT2D eigenvalue weighted by atomic mass is 35.5. The van der Waals surface area contributed by atoms with E-state index in [4.69, 9.17) is 41.3 Å². The quantitative estimate of drug-likeness (QED) is 0.198. The van der Waals surface area contributed by atoms with Gasteiger partial charge in [0.05, 0.1) is 39.3 Å². The van der Waals surface area contributed by atoms with Crippen molar-refractivity contribution in [2.24, 2.45) is 10.7 Å². The maximum Gasteiger partial charge on any atom is 0.201 e. The minimum absolute atomic E-state index is 0.278. The van der Waals surface area contributed by atoms with Crippen molar-refractivity contribution in [3.05, 3.63) is 82.3 Å². The van der Waals surface area contributed by atoms with Crippen LogP contribution in [0.1, 0.15) is 33.6 Å². The number of allylic oxidation sites excluding steroid dienone is 8. The molecule has 7 nitrogen and oxygen atoms in total. The van der Waals surface area contributed by atoms with E-state index in [1.165, 1.54) is 0 Å². The Bertz CT molecular complexity index is 880. The second-order valence-electron chi connectivity index (χ2n) is 6.81. The standard InChI is InChI=1S/C24H34ClN3O3.CH2O/c1-8-22(19(4)31-7)23(13-17(2)29-5)27-24(26)28(15-18(3)30-6)16-20-11-9-10-12-21(25)14-20;1-2/h9-11,13-15H,4,8,12,16H2,1-3,5-7H3,(H2,26,27);1H2/b17-13+,18-15+,23-22+;. The van der Waals surface area contributed by atoms with Gasteiger partial charge in [-0.15, -0.1) is 0 Å². The molecule has 0 aromatic rings. The number of ether oxygens (including phenoxy) is 3. The summed E-state index contributed by atoms with van der Waals surface area (Å²) >= 11 is 6.28. The summed E-state index contributed by atoms with van der Waals surface area (Å²) < 4.78 is 16.0. The number of carbonyl (C=O) groups excluding carboxylic acids is 1. The van der Waals surface area contributed by atoms with Gasteiger partial charge in [0.15, 0.2) is 0 Å². The van der Waals surface area contributed by atoms with E-state index < -0.39 is 0 Å². The van der Waals surface area contributed by atoms with Crippen molar-refractivity contribution >= 4 is 24.3 Å². The third kappa shape index (κ3) is 10.8. The molecule has 0 atom stereocenters. The predicted molar refractivity (Wildman–Crippen MR) is 136 cm³/mol. The van der Waals surface area contributed by atoms with Crippen molar-refractivity contribution in [3.8, 4) is 0 Å². The molecule has 0 radical (unpaired) electrons. The average molecular weight is 478 g/mol. The molecule has 0 amide bonds. The van der Waals surface area contributed by atoms with Gasteiger partial charge in [-0.25, -0.2) is 4.99 Å². The molecule has 0 bridgehead atoms. The van der Waals surface area contributed by atoms with E-state index >= 15 is 0 Å². The Balaban J connectivity index is 0.00000497. The van der Waals surface area contributed by atoms with Crippen LogP contribution < -0.4 is 5.73 Å². The van der Waals surface area contributed by atoms with Crippen molar-refractivity contribution in [2.75, 3.05) is 27.9 Å². The molecular formula is C25H36ClN3O4. The molecule has 0 aromatic carbocycles. The van der Waals surface area contributed by atoms with E-state index in [0.29, 0.717) is 42.4 Å². The fourth-order valence-corrected chi connectivity index (χ4v) is 2.94. The second kappa shape index (κ2) is 16.4. The lowest BCUT2D eigenvalue weighted by Crippen LogP contribution is -2.35. The number of aliphatic imine (C=N–C) groups is 1. The number of rotatable bonds is 10. The maximum absolute atomic E-state index is 8.00. The van der Waals surface area contributed by atoms with Gasteiger partial charge >= 0.3 is 0 Å². The van der Waals surface area contributed by atoms with Gasteiger partial charge in [0, 0.05) is 29.3 Å². The molecule has 0 heterocycles. The molecule has 0 saturated carbocycles. The van der Waals surface area contributed by atoms with Crippen LogP contribution in [0.25, 0.3) is 0 Å². The highest BCUT2D eigenvalue weighted by molar-refractivity contribution is 6.29. The molecular weight excluding hydrogens is 442 g/mol. The molecule has 33 heavy (non-hydrogen) atoms. The Morgan fingerprint density at radius 2 is 1.85 bits per heavy atom. The Kier molecular flexibility index (Phi) is 14.9. The van der Waals surface area contributed by atoms with Crippen molar-refractivity contribution in [3.63, 3.8) is 0 Å². The van der Waals surface area contributed by atoms with Gasteiger partial charge in [-0.2, -0.15) is 0 Å².